The highest BCUT2D eigenvalue weighted by molar-refractivity contribution is 5.87. The molecule has 3 aromatic rings. The highest BCUT2D eigenvalue weighted by Crippen LogP contribution is 2.38. The highest BCUT2D eigenvalue weighted by atomic mass is 16.1. The summed E-state index contributed by atoms with van der Waals surface area (Å²) in [4.78, 5) is 24.3. The van der Waals surface area contributed by atoms with Crippen molar-refractivity contribution in [1.82, 2.24) is 24.3 Å². The Kier molecular flexibility index (Phi) is 3.77. The third-order valence-corrected chi connectivity index (χ3v) is 5.87. The molecular formula is C20H24N6O. The van der Waals surface area contributed by atoms with Gasteiger partial charge in [-0.2, -0.15) is 5.10 Å². The minimum atomic E-state index is 0.123. The van der Waals surface area contributed by atoms with Crippen LogP contribution in [0.2, 0.25) is 0 Å². The van der Waals surface area contributed by atoms with Crippen molar-refractivity contribution in [3.63, 3.8) is 0 Å². The second kappa shape index (κ2) is 6.18. The number of aryl methyl sites for hydroxylation is 2. The number of rotatable bonds is 3. The van der Waals surface area contributed by atoms with E-state index < -0.39 is 0 Å². The number of fused-ring (bicyclic) bond motifs is 5. The van der Waals surface area contributed by atoms with Crippen molar-refractivity contribution in [2.24, 2.45) is 13.0 Å². The fourth-order valence-electron chi connectivity index (χ4n) is 4.70. The second-order valence-corrected chi connectivity index (χ2v) is 7.82. The van der Waals surface area contributed by atoms with Crippen molar-refractivity contribution in [3.8, 4) is 0 Å². The van der Waals surface area contributed by atoms with E-state index in [1.807, 2.05) is 28.6 Å². The number of aromatic nitrogens is 5. The molecule has 2 aliphatic heterocycles. The second-order valence-electron chi connectivity index (χ2n) is 7.82. The molecule has 7 heteroatoms. The molecule has 7 nitrogen and oxygen atoms in total. The van der Waals surface area contributed by atoms with E-state index >= 15 is 0 Å². The number of piperidine rings is 1. The zero-order valence-corrected chi connectivity index (χ0v) is 15.8. The molecule has 0 amide bonds. The van der Waals surface area contributed by atoms with Gasteiger partial charge >= 0.3 is 0 Å². The topological polar surface area (TPSA) is 68.8 Å². The molecule has 0 radical (unpaired) electrons. The normalized spacial score (nSPS) is 21.5. The number of anilines is 1. The van der Waals surface area contributed by atoms with Crippen LogP contribution in [0.15, 0.2) is 29.2 Å². The molecule has 0 aromatic carbocycles. The minimum Gasteiger partial charge on any atom is -0.355 e. The van der Waals surface area contributed by atoms with Crippen LogP contribution in [0, 0.1) is 5.92 Å². The molecule has 3 aromatic heterocycles. The first kappa shape index (κ1) is 16.5. The quantitative estimate of drug-likeness (QED) is 0.712. The van der Waals surface area contributed by atoms with Gasteiger partial charge in [0, 0.05) is 50.8 Å². The van der Waals surface area contributed by atoms with Gasteiger partial charge in [-0.05, 0) is 24.8 Å². The summed E-state index contributed by atoms with van der Waals surface area (Å²) in [6.45, 7) is 4.75. The maximum Gasteiger partial charge on any atom is 0.250 e. The van der Waals surface area contributed by atoms with Gasteiger partial charge in [-0.15, -0.1) is 0 Å². The fourth-order valence-corrected chi connectivity index (χ4v) is 4.70. The van der Waals surface area contributed by atoms with E-state index in [-0.39, 0.29) is 5.56 Å². The predicted molar refractivity (Wildman–Crippen MR) is 104 cm³/mol. The van der Waals surface area contributed by atoms with Crippen molar-refractivity contribution in [2.45, 2.75) is 38.6 Å². The standard InChI is InChI=1S/C20H24N6O/c1-3-5-17-22-19-15(9-21-24(19)2)20(23-17)25-10-13-8-14(12-25)16-6-4-7-18(27)26(16)11-13/h4,6-7,9,13-14H,3,5,8,10-12H2,1-2H3. The van der Waals surface area contributed by atoms with E-state index in [4.69, 9.17) is 9.97 Å². The SMILES string of the molecule is CCCc1nc(N2CC3CC(C2)c2cccc(=O)n2C3)c2cnn(C)c2n1. The Bertz CT molecular complexity index is 1070. The monoisotopic (exact) mass is 364 g/mol. The van der Waals surface area contributed by atoms with Crippen LogP contribution in [-0.2, 0) is 20.0 Å². The molecule has 5 rings (SSSR count). The summed E-state index contributed by atoms with van der Waals surface area (Å²) in [5.41, 5.74) is 2.18. The van der Waals surface area contributed by atoms with Gasteiger partial charge in [-0.1, -0.05) is 13.0 Å². The van der Waals surface area contributed by atoms with E-state index in [1.165, 1.54) is 0 Å². The van der Waals surface area contributed by atoms with Crippen LogP contribution in [0.4, 0.5) is 5.82 Å². The number of nitrogens with zero attached hydrogens (tertiary/aromatic N) is 6. The molecule has 0 spiro atoms. The molecule has 2 aliphatic rings. The zero-order chi connectivity index (χ0) is 18.5. The summed E-state index contributed by atoms with van der Waals surface area (Å²) in [7, 11) is 1.93. The molecule has 2 bridgehead atoms. The third kappa shape index (κ3) is 2.64. The van der Waals surface area contributed by atoms with Gasteiger partial charge in [-0.25, -0.2) is 9.97 Å². The van der Waals surface area contributed by atoms with E-state index in [2.05, 4.69) is 23.0 Å². The number of hydrogen-bond donors (Lipinski definition) is 0. The largest absolute Gasteiger partial charge is 0.355 e. The Labute approximate surface area is 157 Å². The first-order chi connectivity index (χ1) is 13.1. The lowest BCUT2D eigenvalue weighted by Gasteiger charge is -2.43. The molecular weight excluding hydrogens is 340 g/mol. The Balaban J connectivity index is 1.58. The van der Waals surface area contributed by atoms with E-state index in [0.29, 0.717) is 11.8 Å². The Morgan fingerprint density at radius 1 is 1.19 bits per heavy atom. The lowest BCUT2D eigenvalue weighted by molar-refractivity contribution is 0.281. The molecule has 27 heavy (non-hydrogen) atoms. The van der Waals surface area contributed by atoms with Gasteiger partial charge in [0.1, 0.15) is 11.6 Å². The average molecular weight is 364 g/mol. The average Bonchev–Trinajstić information content (AvgIpc) is 3.03. The summed E-state index contributed by atoms with van der Waals surface area (Å²) in [6, 6.07) is 5.66. The van der Waals surface area contributed by atoms with Gasteiger partial charge in [0.15, 0.2) is 5.65 Å². The summed E-state index contributed by atoms with van der Waals surface area (Å²) in [6.07, 6.45) is 4.91. The maximum absolute atomic E-state index is 12.3. The van der Waals surface area contributed by atoms with Crippen LogP contribution in [0.3, 0.4) is 0 Å². The zero-order valence-electron chi connectivity index (χ0n) is 15.8. The smallest absolute Gasteiger partial charge is 0.250 e. The van der Waals surface area contributed by atoms with Crippen LogP contribution in [-0.4, -0.2) is 37.4 Å². The van der Waals surface area contributed by atoms with E-state index in [9.17, 15) is 4.79 Å². The molecule has 1 saturated heterocycles. The summed E-state index contributed by atoms with van der Waals surface area (Å²) >= 11 is 0. The Morgan fingerprint density at radius 3 is 2.93 bits per heavy atom. The van der Waals surface area contributed by atoms with Gasteiger partial charge in [0.25, 0.3) is 5.56 Å². The first-order valence-electron chi connectivity index (χ1n) is 9.77. The predicted octanol–water partition coefficient (Wildman–Crippen LogP) is 2.10. The van der Waals surface area contributed by atoms with Crippen molar-refractivity contribution in [3.05, 3.63) is 46.3 Å². The number of hydrogen-bond acceptors (Lipinski definition) is 5. The molecule has 0 N–H and O–H groups in total. The Morgan fingerprint density at radius 2 is 2.07 bits per heavy atom. The van der Waals surface area contributed by atoms with Crippen molar-refractivity contribution in [1.29, 1.82) is 0 Å². The van der Waals surface area contributed by atoms with Gasteiger partial charge in [-0.3, -0.25) is 9.48 Å². The molecule has 1 fully saturated rings. The van der Waals surface area contributed by atoms with Crippen LogP contribution in [0.1, 0.15) is 37.2 Å². The van der Waals surface area contributed by atoms with Crippen LogP contribution in [0.5, 0.6) is 0 Å². The maximum atomic E-state index is 12.3. The van der Waals surface area contributed by atoms with Gasteiger partial charge in [0.2, 0.25) is 0 Å². The lowest BCUT2D eigenvalue weighted by atomic mass is 9.83. The number of pyridine rings is 1. The van der Waals surface area contributed by atoms with Crippen molar-refractivity contribution < 1.29 is 0 Å². The van der Waals surface area contributed by atoms with E-state index in [0.717, 1.165) is 67.3 Å². The van der Waals surface area contributed by atoms with Crippen LogP contribution in [0.25, 0.3) is 11.0 Å². The summed E-state index contributed by atoms with van der Waals surface area (Å²) < 4.78 is 3.80. The molecule has 2 atom stereocenters. The summed E-state index contributed by atoms with van der Waals surface area (Å²) in [5, 5.41) is 5.43. The molecule has 0 aliphatic carbocycles. The molecule has 5 heterocycles. The van der Waals surface area contributed by atoms with E-state index in [1.54, 1.807) is 6.07 Å². The molecule has 2 unspecified atom stereocenters. The highest BCUT2D eigenvalue weighted by Gasteiger charge is 2.35. The summed E-state index contributed by atoms with van der Waals surface area (Å²) in [5.74, 6) is 2.71. The molecule has 140 valence electrons. The van der Waals surface area contributed by atoms with Gasteiger partial charge < -0.3 is 9.47 Å². The van der Waals surface area contributed by atoms with Crippen LogP contribution >= 0.6 is 0 Å². The fraction of sp³-hybridized carbons (Fsp3) is 0.500. The van der Waals surface area contributed by atoms with Crippen molar-refractivity contribution in [2.75, 3.05) is 18.0 Å². The Hall–Kier alpha value is -2.70. The van der Waals surface area contributed by atoms with Crippen LogP contribution < -0.4 is 10.5 Å². The third-order valence-electron chi connectivity index (χ3n) is 5.87. The van der Waals surface area contributed by atoms with Gasteiger partial charge in [0.05, 0.1) is 11.6 Å². The molecule has 0 saturated carbocycles. The van der Waals surface area contributed by atoms with Crippen molar-refractivity contribution >= 4 is 16.9 Å². The minimum absolute atomic E-state index is 0.123. The lowest BCUT2D eigenvalue weighted by Crippen LogP contribution is -2.47. The first-order valence-corrected chi connectivity index (χ1v) is 9.77.